The van der Waals surface area contributed by atoms with Crippen molar-refractivity contribution in [2.45, 2.75) is 13.0 Å². The largest absolute Gasteiger partial charge is 0.494 e. The number of ether oxygens (including phenoxy) is 1. The molecule has 0 saturated carbocycles. The second kappa shape index (κ2) is 6.60. The maximum absolute atomic E-state index is 14.0. The lowest BCUT2D eigenvalue weighted by molar-refractivity contribution is 0.333. The highest BCUT2D eigenvalue weighted by molar-refractivity contribution is 5.42. The Hall–Kier alpha value is -2.05. The lowest BCUT2D eigenvalue weighted by atomic mass is 9.97. The molecule has 0 amide bonds. The predicted octanol–water partition coefficient (Wildman–Crippen LogP) is 3.06. The summed E-state index contributed by atoms with van der Waals surface area (Å²) in [5, 5.41) is 0. The Bertz CT molecular complexity index is 634. The molecule has 0 aliphatic rings. The van der Waals surface area contributed by atoms with E-state index in [-0.39, 0.29) is 5.56 Å². The molecule has 21 heavy (non-hydrogen) atoms. The fourth-order valence-electron chi connectivity index (χ4n) is 2.12. The van der Waals surface area contributed by atoms with Crippen molar-refractivity contribution in [1.82, 2.24) is 5.43 Å². The number of benzene rings is 2. The van der Waals surface area contributed by atoms with Gasteiger partial charge in [0, 0.05) is 11.1 Å². The van der Waals surface area contributed by atoms with Gasteiger partial charge >= 0.3 is 0 Å². The van der Waals surface area contributed by atoms with Gasteiger partial charge in [0.2, 0.25) is 0 Å². The number of nitrogens with two attached hydrogens (primary N) is 1. The smallest absolute Gasteiger partial charge is 0.194 e. The van der Waals surface area contributed by atoms with Crippen molar-refractivity contribution >= 4 is 0 Å². The van der Waals surface area contributed by atoms with Crippen molar-refractivity contribution in [2.24, 2.45) is 5.84 Å². The highest BCUT2D eigenvalue weighted by atomic mass is 19.2. The number of rotatable bonds is 5. The van der Waals surface area contributed by atoms with Crippen molar-refractivity contribution in [3.05, 3.63) is 65.0 Å². The van der Waals surface area contributed by atoms with E-state index in [0.29, 0.717) is 17.9 Å². The molecule has 1 unspecified atom stereocenters. The summed E-state index contributed by atoms with van der Waals surface area (Å²) in [7, 11) is 0. The highest BCUT2D eigenvalue weighted by Crippen LogP contribution is 2.32. The van der Waals surface area contributed by atoms with Crippen LogP contribution >= 0.6 is 0 Å². The van der Waals surface area contributed by atoms with Gasteiger partial charge in [-0.1, -0.05) is 24.3 Å². The first-order valence-corrected chi connectivity index (χ1v) is 6.41. The van der Waals surface area contributed by atoms with Gasteiger partial charge in [-0.15, -0.1) is 0 Å². The molecular formula is C15H15F3N2O. The Morgan fingerprint density at radius 1 is 1.05 bits per heavy atom. The molecule has 2 rings (SSSR count). The third kappa shape index (κ3) is 3.01. The van der Waals surface area contributed by atoms with Crippen LogP contribution in [-0.4, -0.2) is 6.61 Å². The number of nitrogens with one attached hydrogen (secondary N) is 1. The molecule has 2 aromatic carbocycles. The van der Waals surface area contributed by atoms with E-state index in [0.717, 1.165) is 12.1 Å². The fourth-order valence-corrected chi connectivity index (χ4v) is 2.12. The Morgan fingerprint density at radius 3 is 2.43 bits per heavy atom. The van der Waals surface area contributed by atoms with E-state index in [2.05, 4.69) is 5.43 Å². The number of hydrogen-bond donors (Lipinski definition) is 2. The quantitative estimate of drug-likeness (QED) is 0.506. The summed E-state index contributed by atoms with van der Waals surface area (Å²) in [6, 6.07) is 8.01. The van der Waals surface area contributed by atoms with Crippen LogP contribution in [0.25, 0.3) is 0 Å². The minimum atomic E-state index is -1.53. The first-order chi connectivity index (χ1) is 10.1. The first-order valence-electron chi connectivity index (χ1n) is 6.41. The van der Waals surface area contributed by atoms with Gasteiger partial charge in [0.15, 0.2) is 17.5 Å². The van der Waals surface area contributed by atoms with E-state index >= 15 is 0 Å². The van der Waals surface area contributed by atoms with Crippen molar-refractivity contribution in [3.8, 4) is 5.75 Å². The van der Waals surface area contributed by atoms with Gasteiger partial charge in [-0.05, 0) is 19.1 Å². The lowest BCUT2D eigenvalue weighted by Crippen LogP contribution is -2.30. The van der Waals surface area contributed by atoms with Gasteiger partial charge in [-0.3, -0.25) is 5.84 Å². The van der Waals surface area contributed by atoms with Gasteiger partial charge in [0.05, 0.1) is 12.6 Å². The van der Waals surface area contributed by atoms with Crippen molar-refractivity contribution in [2.75, 3.05) is 6.61 Å². The lowest BCUT2D eigenvalue weighted by Gasteiger charge is -2.20. The summed E-state index contributed by atoms with van der Waals surface area (Å²) in [6.07, 6.45) is 0. The Labute approximate surface area is 120 Å². The SMILES string of the molecule is CCOc1ccccc1C(NN)c1ccc(F)c(F)c1F. The molecule has 3 nitrogen and oxygen atoms in total. The van der Waals surface area contributed by atoms with E-state index in [1.54, 1.807) is 31.2 Å². The average Bonchev–Trinajstić information content (AvgIpc) is 2.49. The monoisotopic (exact) mass is 296 g/mol. The second-order valence-corrected chi connectivity index (χ2v) is 4.34. The van der Waals surface area contributed by atoms with Crippen LogP contribution in [0.15, 0.2) is 36.4 Å². The first kappa shape index (κ1) is 15.3. The van der Waals surface area contributed by atoms with Crippen LogP contribution in [0, 0.1) is 17.5 Å². The highest BCUT2D eigenvalue weighted by Gasteiger charge is 2.23. The van der Waals surface area contributed by atoms with Crippen LogP contribution in [-0.2, 0) is 0 Å². The van der Waals surface area contributed by atoms with Crippen LogP contribution in [0.4, 0.5) is 13.2 Å². The molecular weight excluding hydrogens is 281 g/mol. The number of halogens is 3. The zero-order valence-electron chi connectivity index (χ0n) is 11.4. The third-order valence-electron chi connectivity index (χ3n) is 3.07. The summed E-state index contributed by atoms with van der Waals surface area (Å²) < 4.78 is 45.8. The minimum absolute atomic E-state index is 0.0939. The zero-order chi connectivity index (χ0) is 15.4. The number of hydrogen-bond acceptors (Lipinski definition) is 3. The molecule has 0 saturated heterocycles. The van der Waals surface area contributed by atoms with E-state index < -0.39 is 23.5 Å². The molecule has 112 valence electrons. The van der Waals surface area contributed by atoms with Crippen molar-refractivity contribution in [1.29, 1.82) is 0 Å². The zero-order valence-corrected chi connectivity index (χ0v) is 11.4. The van der Waals surface area contributed by atoms with Crippen molar-refractivity contribution < 1.29 is 17.9 Å². The summed E-state index contributed by atoms with van der Waals surface area (Å²) in [5.74, 6) is 1.92. The van der Waals surface area contributed by atoms with Crippen molar-refractivity contribution in [3.63, 3.8) is 0 Å². The Balaban J connectivity index is 2.53. The minimum Gasteiger partial charge on any atom is -0.494 e. The number of para-hydroxylation sites is 1. The molecule has 0 spiro atoms. The van der Waals surface area contributed by atoms with Crippen LogP contribution in [0.5, 0.6) is 5.75 Å². The third-order valence-corrected chi connectivity index (χ3v) is 3.07. The summed E-state index contributed by atoms with van der Waals surface area (Å²) in [5.41, 5.74) is 2.85. The molecule has 0 fully saturated rings. The summed E-state index contributed by atoms with van der Waals surface area (Å²) in [4.78, 5) is 0. The summed E-state index contributed by atoms with van der Waals surface area (Å²) in [6.45, 7) is 2.22. The second-order valence-electron chi connectivity index (χ2n) is 4.34. The molecule has 0 radical (unpaired) electrons. The molecule has 0 aliphatic heterocycles. The van der Waals surface area contributed by atoms with Gasteiger partial charge in [-0.25, -0.2) is 18.6 Å². The van der Waals surface area contributed by atoms with E-state index in [4.69, 9.17) is 10.6 Å². The molecule has 3 N–H and O–H groups in total. The van der Waals surface area contributed by atoms with Gasteiger partial charge < -0.3 is 4.74 Å². The average molecular weight is 296 g/mol. The normalized spacial score (nSPS) is 12.2. The van der Waals surface area contributed by atoms with Crippen LogP contribution in [0.1, 0.15) is 24.1 Å². The molecule has 1 atom stereocenters. The Morgan fingerprint density at radius 2 is 1.76 bits per heavy atom. The maximum atomic E-state index is 14.0. The van der Waals surface area contributed by atoms with Gasteiger partial charge in [0.1, 0.15) is 5.75 Å². The molecule has 0 aromatic heterocycles. The predicted molar refractivity (Wildman–Crippen MR) is 73.1 cm³/mol. The van der Waals surface area contributed by atoms with Crippen LogP contribution in [0.2, 0.25) is 0 Å². The van der Waals surface area contributed by atoms with Gasteiger partial charge in [-0.2, -0.15) is 0 Å². The topological polar surface area (TPSA) is 47.3 Å². The number of hydrazine groups is 1. The van der Waals surface area contributed by atoms with E-state index in [1.807, 2.05) is 0 Å². The molecule has 2 aromatic rings. The van der Waals surface area contributed by atoms with E-state index in [1.165, 1.54) is 0 Å². The molecule has 0 heterocycles. The van der Waals surface area contributed by atoms with E-state index in [9.17, 15) is 13.2 Å². The molecule has 6 heteroatoms. The van der Waals surface area contributed by atoms with Crippen LogP contribution in [0.3, 0.4) is 0 Å². The van der Waals surface area contributed by atoms with Gasteiger partial charge in [0.25, 0.3) is 0 Å². The van der Waals surface area contributed by atoms with Crippen LogP contribution < -0.4 is 16.0 Å². The Kier molecular flexibility index (Phi) is 4.82. The molecule has 0 bridgehead atoms. The maximum Gasteiger partial charge on any atom is 0.194 e. The molecule has 0 aliphatic carbocycles. The fraction of sp³-hybridized carbons (Fsp3) is 0.200. The summed E-state index contributed by atoms with van der Waals surface area (Å²) >= 11 is 0. The standard InChI is InChI=1S/C15H15F3N2O/c1-2-21-12-6-4-3-5-9(12)15(20-19)10-7-8-11(16)14(18)13(10)17/h3-8,15,20H,2,19H2,1H3.